The van der Waals surface area contributed by atoms with Crippen LogP contribution in [-0.2, 0) is 0 Å². The van der Waals surface area contributed by atoms with Gasteiger partial charge < -0.3 is 4.98 Å². The van der Waals surface area contributed by atoms with E-state index in [1.54, 1.807) is 0 Å². The van der Waals surface area contributed by atoms with Crippen molar-refractivity contribution < 1.29 is 0 Å². The maximum atomic E-state index is 4.56. The summed E-state index contributed by atoms with van der Waals surface area (Å²) in [4.78, 5) is 12.0. The lowest BCUT2D eigenvalue weighted by Crippen LogP contribution is -1.96. The van der Waals surface area contributed by atoms with Gasteiger partial charge in [0.25, 0.3) is 0 Å². The van der Waals surface area contributed by atoms with Crippen molar-refractivity contribution in [3.05, 3.63) is 36.2 Å². The van der Waals surface area contributed by atoms with Crippen LogP contribution < -0.4 is 0 Å². The van der Waals surface area contributed by atoms with Crippen molar-refractivity contribution in [3.8, 4) is 0 Å². The molecule has 0 saturated carbocycles. The van der Waals surface area contributed by atoms with Crippen LogP contribution in [-0.4, -0.2) is 22.2 Å². The van der Waals surface area contributed by atoms with E-state index in [-0.39, 0.29) is 0 Å². The fourth-order valence-corrected chi connectivity index (χ4v) is 1.83. The summed E-state index contributed by atoms with van der Waals surface area (Å²) in [5.74, 6) is 0. The number of H-pyrrole nitrogens is 1. The van der Waals surface area contributed by atoms with Gasteiger partial charge in [0.15, 0.2) is 0 Å². The van der Waals surface area contributed by atoms with Gasteiger partial charge in [-0.1, -0.05) is 13.0 Å². The predicted octanol–water partition coefficient (Wildman–Crippen LogP) is 3.84. The Labute approximate surface area is 108 Å². The van der Waals surface area contributed by atoms with Crippen molar-refractivity contribution in [1.82, 2.24) is 9.97 Å². The lowest BCUT2D eigenvalue weighted by Gasteiger charge is -2.05. The molecule has 3 nitrogen and oxygen atoms in total. The van der Waals surface area contributed by atoms with Crippen LogP contribution in [0.4, 0.5) is 0 Å². The number of nitrogens with one attached hydrogen (secondary N) is 1. The molecule has 0 radical (unpaired) electrons. The van der Waals surface area contributed by atoms with Gasteiger partial charge in [0.05, 0.1) is 0 Å². The number of aromatic nitrogens is 2. The van der Waals surface area contributed by atoms with Gasteiger partial charge >= 0.3 is 0 Å². The Bertz CT molecular complexity index is 578. The first-order chi connectivity index (χ1) is 8.76. The van der Waals surface area contributed by atoms with Crippen LogP contribution in [0.5, 0.6) is 0 Å². The van der Waals surface area contributed by atoms with E-state index in [1.807, 2.05) is 31.6 Å². The molecular weight excluding hydrogens is 222 g/mol. The molecule has 0 bridgehead atoms. The molecule has 3 heteroatoms. The minimum Gasteiger partial charge on any atom is -0.346 e. The number of allylic oxidation sites excluding steroid dienone is 2. The van der Waals surface area contributed by atoms with E-state index in [0.29, 0.717) is 6.04 Å². The zero-order valence-corrected chi connectivity index (χ0v) is 11.1. The molecule has 0 aliphatic rings. The van der Waals surface area contributed by atoms with E-state index in [1.165, 1.54) is 5.56 Å². The fraction of sp³-hybridized carbons (Fsp3) is 0.333. The molecule has 1 atom stereocenters. The first-order valence-corrected chi connectivity index (χ1v) is 6.38. The van der Waals surface area contributed by atoms with Crippen molar-refractivity contribution in [2.45, 2.75) is 33.2 Å². The Hall–Kier alpha value is -1.90. The Balaban J connectivity index is 2.39. The smallest absolute Gasteiger partial charge is 0.137 e. The van der Waals surface area contributed by atoms with Crippen LogP contribution in [0.2, 0.25) is 0 Å². The molecule has 0 saturated heterocycles. The molecule has 0 aliphatic heterocycles. The maximum Gasteiger partial charge on any atom is 0.137 e. The summed E-state index contributed by atoms with van der Waals surface area (Å²) >= 11 is 0. The number of hydrogen-bond acceptors (Lipinski definition) is 2. The molecule has 1 N–H and O–H groups in total. The minimum absolute atomic E-state index is 0.364. The lowest BCUT2D eigenvalue weighted by atomic mass is 10.0. The maximum absolute atomic E-state index is 4.56. The Morgan fingerprint density at radius 1 is 1.50 bits per heavy atom. The normalized spacial score (nSPS) is 14.5. The van der Waals surface area contributed by atoms with Crippen LogP contribution in [0.3, 0.4) is 0 Å². The van der Waals surface area contributed by atoms with Gasteiger partial charge in [0, 0.05) is 30.0 Å². The van der Waals surface area contributed by atoms with Crippen molar-refractivity contribution in [1.29, 1.82) is 0 Å². The quantitative estimate of drug-likeness (QED) is 0.812. The minimum atomic E-state index is 0.364. The summed E-state index contributed by atoms with van der Waals surface area (Å²) < 4.78 is 0. The number of fused-ring (bicyclic) bond motifs is 1. The Morgan fingerprint density at radius 3 is 3.06 bits per heavy atom. The molecule has 2 aromatic rings. The summed E-state index contributed by atoms with van der Waals surface area (Å²) in [6.45, 7) is 6.31. The van der Waals surface area contributed by atoms with Crippen LogP contribution in [0.25, 0.3) is 16.6 Å². The topological polar surface area (TPSA) is 41.0 Å². The second-order valence-corrected chi connectivity index (χ2v) is 4.38. The Kier molecular flexibility index (Phi) is 3.92. The first-order valence-electron chi connectivity index (χ1n) is 6.38. The van der Waals surface area contributed by atoms with Crippen molar-refractivity contribution >= 4 is 22.8 Å². The standard InChI is InChI=1S/C15H19N3/c1-4-11(3)18-10-12(5-2)13-6-8-16-15-14(13)7-9-17-15/h5-11H,4H2,1-3H3,(H,16,17)/b12-5+,18-10-. The van der Waals surface area contributed by atoms with E-state index in [0.717, 1.165) is 23.0 Å². The summed E-state index contributed by atoms with van der Waals surface area (Å²) in [6, 6.07) is 4.45. The molecule has 94 valence electrons. The molecule has 2 rings (SSSR count). The van der Waals surface area contributed by atoms with Crippen LogP contribution >= 0.6 is 0 Å². The third-order valence-corrected chi connectivity index (χ3v) is 3.14. The van der Waals surface area contributed by atoms with Crippen molar-refractivity contribution in [2.75, 3.05) is 0 Å². The number of rotatable bonds is 4. The summed E-state index contributed by atoms with van der Waals surface area (Å²) in [5, 5.41) is 1.14. The van der Waals surface area contributed by atoms with E-state index >= 15 is 0 Å². The molecule has 0 aliphatic carbocycles. The van der Waals surface area contributed by atoms with Gasteiger partial charge in [-0.15, -0.1) is 0 Å². The number of pyridine rings is 1. The molecule has 2 aromatic heterocycles. The van der Waals surface area contributed by atoms with E-state index in [2.05, 4.69) is 41.0 Å². The van der Waals surface area contributed by atoms with Gasteiger partial charge in [-0.25, -0.2) is 4.98 Å². The van der Waals surface area contributed by atoms with Crippen LogP contribution in [0, 0.1) is 0 Å². The van der Waals surface area contributed by atoms with Gasteiger partial charge in [-0.3, -0.25) is 4.99 Å². The predicted molar refractivity (Wildman–Crippen MR) is 78.0 cm³/mol. The molecule has 0 aromatic carbocycles. The fourth-order valence-electron chi connectivity index (χ4n) is 1.83. The van der Waals surface area contributed by atoms with E-state index in [9.17, 15) is 0 Å². The van der Waals surface area contributed by atoms with Crippen LogP contribution in [0.1, 0.15) is 32.8 Å². The third kappa shape index (κ3) is 2.50. The third-order valence-electron chi connectivity index (χ3n) is 3.14. The van der Waals surface area contributed by atoms with Crippen LogP contribution in [0.15, 0.2) is 35.6 Å². The lowest BCUT2D eigenvalue weighted by molar-refractivity contribution is 0.721. The molecule has 0 amide bonds. The summed E-state index contributed by atoms with van der Waals surface area (Å²) in [6.07, 6.45) is 8.86. The number of aliphatic imine (C=N–C) groups is 1. The average Bonchev–Trinajstić information content (AvgIpc) is 2.88. The molecule has 18 heavy (non-hydrogen) atoms. The van der Waals surface area contributed by atoms with Gasteiger partial charge in [-0.2, -0.15) is 0 Å². The summed E-state index contributed by atoms with van der Waals surface area (Å²) in [5.41, 5.74) is 3.24. The van der Waals surface area contributed by atoms with E-state index in [4.69, 9.17) is 0 Å². The van der Waals surface area contributed by atoms with E-state index < -0.39 is 0 Å². The SMILES string of the molecule is C/C=C(\C=N/C(C)CC)c1ccnc2[nH]ccc12. The second kappa shape index (κ2) is 5.63. The zero-order valence-electron chi connectivity index (χ0n) is 11.1. The number of nitrogens with zero attached hydrogens (tertiary/aromatic N) is 2. The van der Waals surface area contributed by atoms with Crippen molar-refractivity contribution in [2.24, 2.45) is 4.99 Å². The molecular formula is C15H19N3. The zero-order chi connectivity index (χ0) is 13.0. The molecule has 1 unspecified atom stereocenters. The van der Waals surface area contributed by atoms with Gasteiger partial charge in [0.2, 0.25) is 0 Å². The van der Waals surface area contributed by atoms with Gasteiger partial charge in [0.1, 0.15) is 5.65 Å². The highest BCUT2D eigenvalue weighted by atomic mass is 14.8. The number of hydrogen-bond donors (Lipinski definition) is 1. The molecule has 2 heterocycles. The molecule has 0 spiro atoms. The summed E-state index contributed by atoms with van der Waals surface area (Å²) in [7, 11) is 0. The average molecular weight is 241 g/mol. The monoisotopic (exact) mass is 241 g/mol. The number of aromatic amines is 1. The van der Waals surface area contributed by atoms with Gasteiger partial charge in [-0.05, 0) is 43.5 Å². The largest absolute Gasteiger partial charge is 0.346 e. The Morgan fingerprint density at radius 2 is 2.33 bits per heavy atom. The highest BCUT2D eigenvalue weighted by Gasteiger charge is 2.05. The second-order valence-electron chi connectivity index (χ2n) is 4.38. The molecule has 0 fully saturated rings. The first kappa shape index (κ1) is 12.6. The van der Waals surface area contributed by atoms with Crippen molar-refractivity contribution in [3.63, 3.8) is 0 Å². The highest BCUT2D eigenvalue weighted by Crippen LogP contribution is 2.22. The highest BCUT2D eigenvalue weighted by molar-refractivity contribution is 6.14.